The SMILES string of the molecule is CN(C)C(=O)Cc1ccccc1-c1ccccc1C=Cc1ccccc1. The van der Waals surface area contributed by atoms with Crippen molar-refractivity contribution in [3.63, 3.8) is 0 Å². The van der Waals surface area contributed by atoms with Crippen LogP contribution in [0.1, 0.15) is 16.7 Å². The molecule has 0 saturated carbocycles. The maximum absolute atomic E-state index is 12.2. The minimum atomic E-state index is 0.106. The number of hydrogen-bond donors (Lipinski definition) is 0. The average Bonchev–Trinajstić information content (AvgIpc) is 2.68. The van der Waals surface area contributed by atoms with Crippen LogP contribution in [0.2, 0.25) is 0 Å². The lowest BCUT2D eigenvalue weighted by Gasteiger charge is -2.15. The number of benzene rings is 3. The predicted octanol–water partition coefficient (Wildman–Crippen LogP) is 5.15. The third-order valence-corrected chi connectivity index (χ3v) is 4.36. The van der Waals surface area contributed by atoms with E-state index in [1.54, 1.807) is 19.0 Å². The smallest absolute Gasteiger partial charge is 0.226 e. The van der Waals surface area contributed by atoms with Crippen molar-refractivity contribution in [1.29, 1.82) is 0 Å². The molecule has 0 unspecified atom stereocenters. The van der Waals surface area contributed by atoms with Gasteiger partial charge in [-0.15, -0.1) is 0 Å². The molecule has 0 radical (unpaired) electrons. The zero-order valence-electron chi connectivity index (χ0n) is 15.2. The second kappa shape index (κ2) is 8.30. The van der Waals surface area contributed by atoms with Crippen molar-refractivity contribution in [2.75, 3.05) is 14.1 Å². The van der Waals surface area contributed by atoms with Crippen LogP contribution in [0.25, 0.3) is 23.3 Å². The first-order chi connectivity index (χ1) is 12.6. The number of rotatable bonds is 5. The summed E-state index contributed by atoms with van der Waals surface area (Å²) >= 11 is 0. The quantitative estimate of drug-likeness (QED) is 0.587. The Bertz CT molecular complexity index is 910. The minimum Gasteiger partial charge on any atom is -0.349 e. The Balaban J connectivity index is 1.98. The van der Waals surface area contributed by atoms with Crippen LogP contribution in [-0.2, 0) is 11.2 Å². The summed E-state index contributed by atoms with van der Waals surface area (Å²) in [7, 11) is 3.59. The fourth-order valence-corrected chi connectivity index (χ4v) is 2.90. The molecule has 0 aliphatic rings. The van der Waals surface area contributed by atoms with Gasteiger partial charge in [0.05, 0.1) is 6.42 Å². The van der Waals surface area contributed by atoms with E-state index in [-0.39, 0.29) is 5.91 Å². The molecule has 0 aromatic heterocycles. The molecule has 0 spiro atoms. The summed E-state index contributed by atoms with van der Waals surface area (Å²) in [5.74, 6) is 0.106. The molecular formula is C24H23NO. The van der Waals surface area contributed by atoms with Crippen LogP contribution < -0.4 is 0 Å². The summed E-state index contributed by atoms with van der Waals surface area (Å²) in [4.78, 5) is 13.8. The van der Waals surface area contributed by atoms with Crippen molar-refractivity contribution in [2.45, 2.75) is 6.42 Å². The van der Waals surface area contributed by atoms with E-state index >= 15 is 0 Å². The number of amides is 1. The van der Waals surface area contributed by atoms with Crippen LogP contribution >= 0.6 is 0 Å². The van der Waals surface area contributed by atoms with Crippen molar-refractivity contribution in [3.05, 3.63) is 95.6 Å². The van der Waals surface area contributed by atoms with E-state index in [0.717, 1.165) is 22.3 Å². The van der Waals surface area contributed by atoms with Gasteiger partial charge in [0, 0.05) is 14.1 Å². The van der Waals surface area contributed by atoms with Crippen molar-refractivity contribution < 1.29 is 4.79 Å². The molecule has 1 amide bonds. The van der Waals surface area contributed by atoms with Crippen LogP contribution in [0.3, 0.4) is 0 Å². The topological polar surface area (TPSA) is 20.3 Å². The van der Waals surface area contributed by atoms with Crippen LogP contribution in [0.15, 0.2) is 78.9 Å². The van der Waals surface area contributed by atoms with Gasteiger partial charge in [-0.3, -0.25) is 4.79 Å². The van der Waals surface area contributed by atoms with E-state index < -0.39 is 0 Å². The molecule has 0 N–H and O–H groups in total. The van der Waals surface area contributed by atoms with Gasteiger partial charge in [-0.1, -0.05) is 91.0 Å². The zero-order chi connectivity index (χ0) is 18.4. The van der Waals surface area contributed by atoms with Crippen LogP contribution in [0.4, 0.5) is 0 Å². The summed E-state index contributed by atoms with van der Waals surface area (Å²) in [5, 5.41) is 0. The fraction of sp³-hybridized carbons (Fsp3) is 0.125. The maximum Gasteiger partial charge on any atom is 0.226 e. The molecule has 0 fully saturated rings. The Morgan fingerprint density at radius 2 is 1.38 bits per heavy atom. The lowest BCUT2D eigenvalue weighted by atomic mass is 9.93. The Kier molecular flexibility index (Phi) is 5.65. The van der Waals surface area contributed by atoms with Gasteiger partial charge < -0.3 is 4.90 Å². The number of likely N-dealkylation sites (N-methyl/N-ethyl adjacent to an activating group) is 1. The highest BCUT2D eigenvalue weighted by Crippen LogP contribution is 2.29. The summed E-state index contributed by atoms with van der Waals surface area (Å²) in [6, 6.07) is 26.7. The number of nitrogens with zero attached hydrogens (tertiary/aromatic N) is 1. The molecule has 0 aliphatic carbocycles. The maximum atomic E-state index is 12.2. The summed E-state index contributed by atoms with van der Waals surface area (Å²) in [6.07, 6.45) is 4.65. The van der Waals surface area contributed by atoms with Gasteiger partial charge in [-0.25, -0.2) is 0 Å². The fourth-order valence-electron chi connectivity index (χ4n) is 2.90. The Morgan fingerprint density at radius 1 is 0.769 bits per heavy atom. The van der Waals surface area contributed by atoms with E-state index in [1.807, 2.05) is 48.5 Å². The van der Waals surface area contributed by atoms with E-state index in [4.69, 9.17) is 0 Å². The molecule has 0 bridgehead atoms. The summed E-state index contributed by atoms with van der Waals surface area (Å²) < 4.78 is 0. The van der Waals surface area contributed by atoms with Gasteiger partial charge >= 0.3 is 0 Å². The average molecular weight is 341 g/mol. The van der Waals surface area contributed by atoms with Gasteiger partial charge in [-0.05, 0) is 27.8 Å². The van der Waals surface area contributed by atoms with Crippen molar-refractivity contribution in [1.82, 2.24) is 4.90 Å². The summed E-state index contributed by atoms with van der Waals surface area (Å²) in [6.45, 7) is 0. The first-order valence-corrected chi connectivity index (χ1v) is 8.76. The molecule has 3 rings (SSSR count). The van der Waals surface area contributed by atoms with Crippen molar-refractivity contribution in [3.8, 4) is 11.1 Å². The molecule has 2 nitrogen and oxygen atoms in total. The molecule has 3 aromatic rings. The van der Waals surface area contributed by atoms with E-state index in [9.17, 15) is 4.79 Å². The van der Waals surface area contributed by atoms with Crippen LogP contribution in [0, 0.1) is 0 Å². The molecule has 2 heteroatoms. The lowest BCUT2D eigenvalue weighted by Crippen LogP contribution is -2.23. The third-order valence-electron chi connectivity index (χ3n) is 4.36. The normalized spacial score (nSPS) is 10.8. The van der Waals surface area contributed by atoms with Crippen LogP contribution in [0.5, 0.6) is 0 Å². The Hall–Kier alpha value is -3.13. The molecule has 3 aromatic carbocycles. The highest BCUT2D eigenvalue weighted by atomic mass is 16.2. The Morgan fingerprint density at radius 3 is 2.12 bits per heavy atom. The predicted molar refractivity (Wildman–Crippen MR) is 110 cm³/mol. The number of hydrogen-bond acceptors (Lipinski definition) is 1. The van der Waals surface area contributed by atoms with Crippen molar-refractivity contribution >= 4 is 18.1 Å². The van der Waals surface area contributed by atoms with Crippen LogP contribution in [-0.4, -0.2) is 24.9 Å². The summed E-state index contributed by atoms with van der Waals surface area (Å²) in [5.41, 5.74) is 5.60. The molecule has 130 valence electrons. The van der Waals surface area contributed by atoms with Gasteiger partial charge in [0.1, 0.15) is 0 Å². The highest BCUT2D eigenvalue weighted by molar-refractivity contribution is 5.85. The van der Waals surface area contributed by atoms with E-state index in [1.165, 1.54) is 5.56 Å². The molecule has 0 saturated heterocycles. The van der Waals surface area contributed by atoms with Crippen molar-refractivity contribution in [2.24, 2.45) is 0 Å². The second-order valence-corrected chi connectivity index (χ2v) is 6.45. The molecule has 26 heavy (non-hydrogen) atoms. The minimum absolute atomic E-state index is 0.106. The van der Waals surface area contributed by atoms with Gasteiger partial charge in [0.25, 0.3) is 0 Å². The molecular weight excluding hydrogens is 318 g/mol. The number of carbonyl (C=O) groups is 1. The van der Waals surface area contributed by atoms with E-state index in [0.29, 0.717) is 6.42 Å². The Labute approximate surface area is 155 Å². The second-order valence-electron chi connectivity index (χ2n) is 6.45. The first-order valence-electron chi connectivity index (χ1n) is 8.76. The molecule has 0 heterocycles. The van der Waals surface area contributed by atoms with Gasteiger partial charge in [0.15, 0.2) is 0 Å². The largest absolute Gasteiger partial charge is 0.349 e. The van der Waals surface area contributed by atoms with E-state index in [2.05, 4.69) is 42.5 Å². The van der Waals surface area contributed by atoms with Gasteiger partial charge in [0.2, 0.25) is 5.91 Å². The standard InChI is InChI=1S/C24H23NO/c1-25(2)24(26)18-21-13-7-9-15-23(21)22-14-8-6-12-20(22)17-16-19-10-4-3-5-11-19/h3-17H,18H2,1-2H3. The highest BCUT2D eigenvalue weighted by Gasteiger charge is 2.12. The first kappa shape index (κ1) is 17.7. The number of carbonyl (C=O) groups excluding carboxylic acids is 1. The zero-order valence-corrected chi connectivity index (χ0v) is 15.2. The molecule has 0 atom stereocenters. The molecule has 0 aliphatic heterocycles. The monoisotopic (exact) mass is 341 g/mol. The van der Waals surface area contributed by atoms with Gasteiger partial charge in [-0.2, -0.15) is 0 Å². The third kappa shape index (κ3) is 4.28. The lowest BCUT2D eigenvalue weighted by molar-refractivity contribution is -0.127.